The zero-order valence-corrected chi connectivity index (χ0v) is 18.8. The first-order valence-electron chi connectivity index (χ1n) is 11.2. The van der Waals surface area contributed by atoms with Crippen molar-refractivity contribution < 1.29 is 28.2 Å². The summed E-state index contributed by atoms with van der Waals surface area (Å²) in [7, 11) is 1.53. The molecule has 0 aliphatic carbocycles. The van der Waals surface area contributed by atoms with E-state index in [2.05, 4.69) is 5.32 Å². The molecule has 0 spiro atoms. The lowest BCUT2D eigenvalue weighted by Gasteiger charge is -2.24. The third-order valence-electron chi connectivity index (χ3n) is 6.17. The van der Waals surface area contributed by atoms with E-state index in [9.17, 15) is 9.59 Å². The van der Waals surface area contributed by atoms with Gasteiger partial charge in [0.1, 0.15) is 24.5 Å². The zero-order valence-electron chi connectivity index (χ0n) is 18.8. The van der Waals surface area contributed by atoms with Crippen LogP contribution >= 0.6 is 0 Å². The molecule has 0 unspecified atom stereocenters. The summed E-state index contributed by atoms with van der Waals surface area (Å²) in [5.41, 5.74) is 1.33. The fourth-order valence-corrected chi connectivity index (χ4v) is 4.63. The number of carbonyl (C=O) groups excluding carboxylic acids is 1. The molecule has 35 heavy (non-hydrogen) atoms. The van der Waals surface area contributed by atoms with Gasteiger partial charge in [-0.3, -0.25) is 4.79 Å². The number of amides is 1. The number of anilines is 1. The van der Waals surface area contributed by atoms with Crippen LogP contribution < -0.4 is 29.9 Å². The number of methoxy groups -OCH3 is 1. The van der Waals surface area contributed by atoms with Gasteiger partial charge in [-0.05, 0) is 42.0 Å². The Kier molecular flexibility index (Phi) is 5.06. The Balaban J connectivity index is 1.53. The highest BCUT2D eigenvalue weighted by Crippen LogP contribution is 2.48. The van der Waals surface area contributed by atoms with Crippen LogP contribution in [0, 0.1) is 0 Å². The second-order valence-corrected chi connectivity index (χ2v) is 8.25. The second kappa shape index (κ2) is 8.39. The summed E-state index contributed by atoms with van der Waals surface area (Å²) in [6.45, 7) is 0.776. The predicted molar refractivity (Wildman–Crippen MR) is 128 cm³/mol. The van der Waals surface area contributed by atoms with E-state index in [1.165, 1.54) is 7.11 Å². The number of carbonyl (C=O) groups is 1. The van der Waals surface area contributed by atoms with Gasteiger partial charge in [0.05, 0.1) is 24.0 Å². The summed E-state index contributed by atoms with van der Waals surface area (Å²) in [6, 6.07) is 19.7. The normalized spacial score (nSPS) is 18.0. The number of para-hydroxylation sites is 2. The highest BCUT2D eigenvalue weighted by Gasteiger charge is 2.45. The van der Waals surface area contributed by atoms with Crippen LogP contribution in [0.1, 0.15) is 17.0 Å². The number of fused-ring (bicyclic) bond motifs is 4. The topological polar surface area (TPSA) is 96.2 Å². The molecule has 0 saturated carbocycles. The summed E-state index contributed by atoms with van der Waals surface area (Å²) >= 11 is 0. The van der Waals surface area contributed by atoms with Gasteiger partial charge in [0.25, 0.3) is 5.91 Å². The smallest absolute Gasteiger partial charge is 0.344 e. The van der Waals surface area contributed by atoms with Gasteiger partial charge in [0.15, 0.2) is 17.6 Å². The van der Waals surface area contributed by atoms with Crippen LogP contribution in [0.4, 0.5) is 5.69 Å². The molecule has 3 heterocycles. The number of hydrogen-bond acceptors (Lipinski definition) is 7. The van der Waals surface area contributed by atoms with Crippen molar-refractivity contribution in [2.24, 2.45) is 0 Å². The van der Waals surface area contributed by atoms with Crippen molar-refractivity contribution in [2.75, 3.05) is 25.6 Å². The van der Waals surface area contributed by atoms with Crippen LogP contribution in [-0.2, 0) is 4.79 Å². The average Bonchev–Trinajstić information content (AvgIpc) is 3.31. The van der Waals surface area contributed by atoms with Gasteiger partial charge in [-0.1, -0.05) is 30.3 Å². The lowest BCUT2D eigenvalue weighted by atomic mass is 9.87. The van der Waals surface area contributed by atoms with Crippen molar-refractivity contribution in [3.63, 3.8) is 0 Å². The minimum Gasteiger partial charge on any atom is -0.493 e. The molecular formula is C27H21NO7. The lowest BCUT2D eigenvalue weighted by molar-refractivity contribution is -0.122. The summed E-state index contributed by atoms with van der Waals surface area (Å²) in [4.78, 5) is 26.7. The van der Waals surface area contributed by atoms with Crippen molar-refractivity contribution in [3.8, 4) is 23.0 Å². The lowest BCUT2D eigenvalue weighted by Crippen LogP contribution is -2.35. The van der Waals surface area contributed by atoms with E-state index in [0.29, 0.717) is 58.4 Å². The van der Waals surface area contributed by atoms with Gasteiger partial charge in [-0.25, -0.2) is 4.79 Å². The largest absolute Gasteiger partial charge is 0.493 e. The maximum Gasteiger partial charge on any atom is 0.344 e. The van der Waals surface area contributed by atoms with E-state index in [1.54, 1.807) is 42.5 Å². The molecule has 2 aliphatic rings. The summed E-state index contributed by atoms with van der Waals surface area (Å²) in [6.07, 6.45) is -1.04. The van der Waals surface area contributed by atoms with Crippen LogP contribution in [0.5, 0.6) is 23.0 Å². The fourth-order valence-electron chi connectivity index (χ4n) is 4.63. The van der Waals surface area contributed by atoms with E-state index < -0.39 is 23.6 Å². The Labute approximate surface area is 200 Å². The van der Waals surface area contributed by atoms with Crippen LogP contribution in [0.2, 0.25) is 0 Å². The molecule has 2 aliphatic heterocycles. The first kappa shape index (κ1) is 21.1. The average molecular weight is 471 g/mol. The highest BCUT2D eigenvalue weighted by atomic mass is 16.6. The summed E-state index contributed by atoms with van der Waals surface area (Å²) in [5, 5.41) is 3.51. The molecule has 2 atom stereocenters. The number of rotatable bonds is 4. The second-order valence-electron chi connectivity index (χ2n) is 8.25. The van der Waals surface area contributed by atoms with E-state index in [0.717, 1.165) is 0 Å². The standard InChI is InChI=1S/C27H21NO7/c1-31-19-13-15(14-20-24(19)33-12-11-32-20)21-22-23(17-9-5-6-10-18(17)34-27(22)30)35-25(21)26(29)28-16-7-3-2-4-8-16/h2-10,13-14,21,25H,11-12H2,1H3,(H,28,29)/t21-,25-/m0/s1. The van der Waals surface area contributed by atoms with Crippen LogP contribution in [0.3, 0.4) is 0 Å². The van der Waals surface area contributed by atoms with Crippen molar-refractivity contribution in [1.82, 2.24) is 0 Å². The molecule has 3 aromatic carbocycles. The molecule has 1 N–H and O–H groups in total. The number of nitrogens with one attached hydrogen (secondary N) is 1. The number of ether oxygens (including phenoxy) is 4. The van der Waals surface area contributed by atoms with Crippen LogP contribution in [-0.4, -0.2) is 32.3 Å². The molecular weight excluding hydrogens is 450 g/mol. The highest BCUT2D eigenvalue weighted by molar-refractivity contribution is 5.97. The third kappa shape index (κ3) is 3.54. The van der Waals surface area contributed by atoms with Gasteiger partial charge in [0, 0.05) is 5.69 Å². The van der Waals surface area contributed by atoms with E-state index in [-0.39, 0.29) is 5.56 Å². The molecule has 1 aromatic heterocycles. The van der Waals surface area contributed by atoms with Crippen LogP contribution in [0.15, 0.2) is 75.9 Å². The maximum atomic E-state index is 13.5. The Morgan fingerprint density at radius 2 is 1.74 bits per heavy atom. The third-order valence-corrected chi connectivity index (χ3v) is 6.17. The fraction of sp³-hybridized carbons (Fsp3) is 0.185. The Hall–Kier alpha value is -4.46. The van der Waals surface area contributed by atoms with E-state index in [1.807, 2.05) is 24.3 Å². The molecule has 1 amide bonds. The monoisotopic (exact) mass is 471 g/mol. The van der Waals surface area contributed by atoms with Gasteiger partial charge in [0.2, 0.25) is 5.75 Å². The predicted octanol–water partition coefficient (Wildman–Crippen LogP) is 4.10. The first-order valence-corrected chi connectivity index (χ1v) is 11.2. The first-order chi connectivity index (χ1) is 17.1. The molecule has 176 valence electrons. The quantitative estimate of drug-likeness (QED) is 0.448. The van der Waals surface area contributed by atoms with Gasteiger partial charge >= 0.3 is 5.63 Å². The van der Waals surface area contributed by atoms with E-state index in [4.69, 9.17) is 23.4 Å². The number of benzene rings is 3. The maximum absolute atomic E-state index is 13.5. The Morgan fingerprint density at radius 1 is 0.971 bits per heavy atom. The van der Waals surface area contributed by atoms with Crippen molar-refractivity contribution >= 4 is 22.6 Å². The Bertz CT molecular complexity index is 1480. The molecule has 0 bridgehead atoms. The minimum absolute atomic E-state index is 0.274. The molecule has 0 radical (unpaired) electrons. The molecule has 4 aromatic rings. The van der Waals surface area contributed by atoms with E-state index >= 15 is 0 Å². The minimum atomic E-state index is -1.04. The van der Waals surface area contributed by atoms with Gasteiger partial charge in [-0.15, -0.1) is 0 Å². The SMILES string of the molecule is COc1cc([C@H]2c3c(c4ccccc4oc3=O)O[C@@H]2C(=O)Nc2ccccc2)cc2c1OCCO2. The molecule has 8 nitrogen and oxygen atoms in total. The van der Waals surface area contributed by atoms with Crippen molar-refractivity contribution in [1.29, 1.82) is 0 Å². The van der Waals surface area contributed by atoms with Crippen LogP contribution in [0.25, 0.3) is 11.0 Å². The molecule has 0 saturated heterocycles. The Morgan fingerprint density at radius 3 is 2.57 bits per heavy atom. The van der Waals surface area contributed by atoms with Gasteiger partial charge < -0.3 is 28.7 Å². The van der Waals surface area contributed by atoms with Crippen molar-refractivity contribution in [2.45, 2.75) is 12.0 Å². The molecule has 8 heteroatoms. The summed E-state index contributed by atoms with van der Waals surface area (Å²) < 4.78 is 28.9. The summed E-state index contributed by atoms with van der Waals surface area (Å²) in [5.74, 6) is 0.583. The van der Waals surface area contributed by atoms with Gasteiger partial charge in [-0.2, -0.15) is 0 Å². The molecule has 6 rings (SSSR count). The molecule has 0 fully saturated rings. The number of hydrogen-bond donors (Lipinski definition) is 1. The van der Waals surface area contributed by atoms with Crippen molar-refractivity contribution in [3.05, 3.63) is 88.3 Å². The zero-order chi connectivity index (χ0) is 23.9.